The molecule has 0 saturated carbocycles. The summed E-state index contributed by atoms with van der Waals surface area (Å²) in [4.78, 5) is 12.6. The van der Waals surface area contributed by atoms with Crippen LogP contribution in [0.2, 0.25) is 0 Å². The van der Waals surface area contributed by atoms with Crippen molar-refractivity contribution in [2.75, 3.05) is 0 Å². The molecule has 0 N–H and O–H groups in total. The Morgan fingerprint density at radius 1 is 0.417 bits per heavy atom. The first-order chi connectivity index (χ1) is 10.1. The smallest absolute Gasteiger partial charge is 0.106 e. The minimum absolute atomic E-state index is 0.0131. The highest BCUT2D eigenvalue weighted by Gasteiger charge is 2.48. The molecule has 0 fully saturated rings. The van der Waals surface area contributed by atoms with Crippen molar-refractivity contribution in [1.82, 2.24) is 0 Å². The monoisotopic (exact) mass is 342 g/mol. The van der Waals surface area contributed by atoms with Gasteiger partial charge in [-0.25, -0.2) is 9.78 Å². The highest BCUT2D eigenvalue weighted by atomic mass is 17.2. The molecule has 2 nitrogen and oxygen atoms in total. The van der Waals surface area contributed by atoms with Crippen LogP contribution in [0.4, 0.5) is 0 Å². The largest absolute Gasteiger partial charge is 0.229 e. The van der Waals surface area contributed by atoms with Crippen LogP contribution < -0.4 is 0 Å². The molecule has 0 aromatic rings. The number of hydrogen-bond donors (Lipinski definition) is 0. The predicted molar refractivity (Wildman–Crippen MR) is 106 cm³/mol. The fourth-order valence-electron chi connectivity index (χ4n) is 3.05. The van der Waals surface area contributed by atoms with Crippen molar-refractivity contribution in [3.8, 4) is 0 Å². The van der Waals surface area contributed by atoms with Gasteiger partial charge in [0.25, 0.3) is 0 Å². The standard InChI is InChI=1S/C22H46O2/c1-17(2,3)15-21(13,19(7,8)9)23-24-22(14,20(10,11)12)16-18(4,5)6/h15-16H2,1-14H3. The van der Waals surface area contributed by atoms with Gasteiger partial charge in [0.1, 0.15) is 11.2 Å². The summed E-state index contributed by atoms with van der Waals surface area (Å²) < 4.78 is 0. The topological polar surface area (TPSA) is 18.5 Å². The van der Waals surface area contributed by atoms with Crippen LogP contribution in [0.15, 0.2) is 0 Å². The Hall–Kier alpha value is -0.0800. The minimum Gasteiger partial charge on any atom is -0.229 e. The van der Waals surface area contributed by atoms with E-state index in [2.05, 4.69) is 96.9 Å². The molecule has 2 unspecified atom stereocenters. The molecule has 0 aliphatic heterocycles. The van der Waals surface area contributed by atoms with Gasteiger partial charge in [-0.15, -0.1) is 0 Å². The molecule has 0 saturated heterocycles. The van der Waals surface area contributed by atoms with Crippen LogP contribution in [0, 0.1) is 21.7 Å². The molecule has 0 spiro atoms. The summed E-state index contributed by atoms with van der Waals surface area (Å²) in [5.74, 6) is 0. The van der Waals surface area contributed by atoms with Crippen molar-refractivity contribution in [1.29, 1.82) is 0 Å². The molecule has 0 bridgehead atoms. The summed E-state index contributed by atoms with van der Waals surface area (Å²) in [5.41, 5.74) is -0.381. The average molecular weight is 343 g/mol. The zero-order valence-electron chi connectivity index (χ0n) is 19.2. The molecular formula is C22H46O2. The van der Waals surface area contributed by atoms with Gasteiger partial charge in [0, 0.05) is 0 Å². The maximum atomic E-state index is 6.31. The molecule has 24 heavy (non-hydrogen) atoms. The molecule has 0 amide bonds. The van der Waals surface area contributed by atoms with E-state index in [0.29, 0.717) is 0 Å². The summed E-state index contributed by atoms with van der Waals surface area (Å²) in [6.07, 6.45) is 1.89. The van der Waals surface area contributed by atoms with Crippen LogP contribution >= 0.6 is 0 Å². The van der Waals surface area contributed by atoms with Gasteiger partial charge >= 0.3 is 0 Å². The molecule has 0 radical (unpaired) electrons. The lowest BCUT2D eigenvalue weighted by atomic mass is 9.69. The van der Waals surface area contributed by atoms with E-state index in [-0.39, 0.29) is 32.9 Å². The Morgan fingerprint density at radius 3 is 0.750 bits per heavy atom. The van der Waals surface area contributed by atoms with E-state index in [9.17, 15) is 0 Å². The van der Waals surface area contributed by atoms with Crippen molar-refractivity contribution < 1.29 is 9.78 Å². The highest BCUT2D eigenvalue weighted by molar-refractivity contribution is 4.94. The van der Waals surface area contributed by atoms with E-state index in [4.69, 9.17) is 9.78 Å². The molecule has 2 atom stereocenters. The lowest BCUT2D eigenvalue weighted by Crippen LogP contribution is -2.51. The normalized spacial score (nSPS) is 19.8. The van der Waals surface area contributed by atoms with Crippen LogP contribution in [0.3, 0.4) is 0 Å². The quantitative estimate of drug-likeness (QED) is 0.382. The fourth-order valence-corrected chi connectivity index (χ4v) is 3.05. The minimum atomic E-state index is -0.352. The Kier molecular flexibility index (Phi) is 6.89. The van der Waals surface area contributed by atoms with Crippen molar-refractivity contribution >= 4 is 0 Å². The van der Waals surface area contributed by atoms with Gasteiger partial charge in [0.2, 0.25) is 0 Å². The van der Waals surface area contributed by atoms with Crippen molar-refractivity contribution in [2.24, 2.45) is 21.7 Å². The molecule has 2 heteroatoms. The van der Waals surface area contributed by atoms with Crippen LogP contribution in [0.5, 0.6) is 0 Å². The van der Waals surface area contributed by atoms with E-state index in [1.165, 1.54) is 0 Å². The van der Waals surface area contributed by atoms with E-state index < -0.39 is 0 Å². The van der Waals surface area contributed by atoms with Crippen LogP contribution in [0.1, 0.15) is 110 Å². The second-order valence-corrected chi connectivity index (χ2v) is 12.6. The molecule has 146 valence electrons. The maximum Gasteiger partial charge on any atom is 0.106 e. The lowest BCUT2D eigenvalue weighted by Gasteiger charge is -2.49. The first-order valence-electron chi connectivity index (χ1n) is 9.49. The fraction of sp³-hybridized carbons (Fsp3) is 1.00. The summed E-state index contributed by atoms with van der Waals surface area (Å²) in [6, 6.07) is 0. The lowest BCUT2D eigenvalue weighted by molar-refractivity contribution is -0.444. The first-order valence-corrected chi connectivity index (χ1v) is 9.49. The third-order valence-electron chi connectivity index (χ3n) is 5.32. The van der Waals surface area contributed by atoms with Gasteiger partial charge in [-0.2, -0.15) is 0 Å². The molecule has 0 heterocycles. The predicted octanol–water partition coefficient (Wildman–Crippen LogP) is 7.42. The molecule has 0 aliphatic carbocycles. The number of hydrogen-bond acceptors (Lipinski definition) is 2. The van der Waals surface area contributed by atoms with E-state index in [1.807, 2.05) is 0 Å². The summed E-state index contributed by atoms with van der Waals surface area (Å²) >= 11 is 0. The van der Waals surface area contributed by atoms with Gasteiger partial charge in [0.05, 0.1) is 0 Å². The highest BCUT2D eigenvalue weighted by Crippen LogP contribution is 2.47. The van der Waals surface area contributed by atoms with Crippen molar-refractivity contribution in [2.45, 2.75) is 121 Å². The van der Waals surface area contributed by atoms with E-state index in [0.717, 1.165) is 12.8 Å². The summed E-state index contributed by atoms with van der Waals surface area (Å²) in [5, 5.41) is 0. The SMILES string of the molecule is CC(C)(C)CC(C)(OOC(C)(CC(C)(C)C)C(C)(C)C)C(C)(C)C. The maximum absolute atomic E-state index is 6.31. The molecule has 0 rings (SSSR count). The van der Waals surface area contributed by atoms with Gasteiger partial charge < -0.3 is 0 Å². The van der Waals surface area contributed by atoms with Crippen LogP contribution in [-0.2, 0) is 9.78 Å². The third-order valence-corrected chi connectivity index (χ3v) is 5.32. The van der Waals surface area contributed by atoms with Crippen molar-refractivity contribution in [3.63, 3.8) is 0 Å². The second kappa shape index (κ2) is 6.91. The van der Waals surface area contributed by atoms with E-state index >= 15 is 0 Å². The van der Waals surface area contributed by atoms with E-state index in [1.54, 1.807) is 0 Å². The Labute approximate surface area is 153 Å². The summed E-state index contributed by atoms with van der Waals surface area (Å²) in [7, 11) is 0. The Balaban J connectivity index is 5.57. The van der Waals surface area contributed by atoms with Crippen molar-refractivity contribution in [3.05, 3.63) is 0 Å². The zero-order valence-corrected chi connectivity index (χ0v) is 19.2. The van der Waals surface area contributed by atoms with Crippen LogP contribution in [-0.4, -0.2) is 11.2 Å². The van der Waals surface area contributed by atoms with Gasteiger partial charge in [-0.05, 0) is 48.3 Å². The average Bonchev–Trinajstić information content (AvgIpc) is 2.18. The van der Waals surface area contributed by atoms with Gasteiger partial charge in [0.15, 0.2) is 0 Å². The Morgan fingerprint density at radius 2 is 0.625 bits per heavy atom. The van der Waals surface area contributed by atoms with Gasteiger partial charge in [-0.1, -0.05) is 83.1 Å². The Bertz CT molecular complexity index is 358. The molecule has 0 aromatic heterocycles. The molecule has 0 aromatic carbocycles. The first kappa shape index (κ1) is 23.9. The molecule has 0 aliphatic rings. The van der Waals surface area contributed by atoms with Crippen LogP contribution in [0.25, 0.3) is 0 Å². The van der Waals surface area contributed by atoms with Gasteiger partial charge in [-0.3, -0.25) is 0 Å². The second-order valence-electron chi connectivity index (χ2n) is 12.6. The summed E-state index contributed by atoms with van der Waals surface area (Å²) in [6.45, 7) is 31.4. The zero-order chi connectivity index (χ0) is 19.8. The molecular weight excluding hydrogens is 296 g/mol. The number of rotatable bonds is 5. The third kappa shape index (κ3) is 7.04.